The van der Waals surface area contributed by atoms with Gasteiger partial charge in [-0.3, -0.25) is 0 Å². The van der Waals surface area contributed by atoms with Crippen molar-refractivity contribution in [1.82, 2.24) is 0 Å². The van der Waals surface area contributed by atoms with Gasteiger partial charge in [-0.25, -0.2) is 0 Å². The molecule has 1 fully saturated rings. The Bertz CT molecular complexity index is 383. The van der Waals surface area contributed by atoms with E-state index in [0.29, 0.717) is 5.92 Å². The predicted octanol–water partition coefficient (Wildman–Crippen LogP) is 3.49. The molecule has 2 heteroatoms. The second-order valence-corrected chi connectivity index (χ2v) is 5.32. The fraction of sp³-hybridized carbons (Fsp3) is 0.625. The minimum atomic E-state index is 0.467. The lowest BCUT2D eigenvalue weighted by molar-refractivity contribution is 0.384. The molecular formula is C16H25NO. The van der Waals surface area contributed by atoms with E-state index in [1.54, 1.807) is 7.11 Å². The van der Waals surface area contributed by atoms with E-state index in [1.165, 1.54) is 36.8 Å². The largest absolute Gasteiger partial charge is 0.496 e. The van der Waals surface area contributed by atoms with Crippen molar-refractivity contribution < 1.29 is 4.74 Å². The number of aryl methyl sites for hydroxylation is 1. The van der Waals surface area contributed by atoms with Gasteiger partial charge in [-0.05, 0) is 48.9 Å². The standard InChI is InChI=1S/C16H25NO/c1-3-12-8-9-16(18-2)14(10-12)15(11-17)13-6-4-5-7-13/h8-10,13,15H,3-7,11,17H2,1-2H3. The van der Waals surface area contributed by atoms with Crippen LogP contribution < -0.4 is 10.5 Å². The normalized spacial score (nSPS) is 17.9. The van der Waals surface area contributed by atoms with E-state index < -0.39 is 0 Å². The number of hydrogen-bond acceptors (Lipinski definition) is 2. The molecule has 100 valence electrons. The summed E-state index contributed by atoms with van der Waals surface area (Å²) in [5.74, 6) is 2.22. The van der Waals surface area contributed by atoms with Crippen LogP contribution in [0.5, 0.6) is 5.75 Å². The molecule has 18 heavy (non-hydrogen) atoms. The van der Waals surface area contributed by atoms with Crippen LogP contribution in [0.4, 0.5) is 0 Å². The highest BCUT2D eigenvalue weighted by molar-refractivity contribution is 5.40. The van der Waals surface area contributed by atoms with Crippen molar-refractivity contribution in [2.45, 2.75) is 44.9 Å². The maximum atomic E-state index is 6.04. The third-order valence-corrected chi connectivity index (χ3v) is 4.32. The zero-order valence-corrected chi connectivity index (χ0v) is 11.6. The smallest absolute Gasteiger partial charge is 0.122 e. The third kappa shape index (κ3) is 2.69. The maximum Gasteiger partial charge on any atom is 0.122 e. The topological polar surface area (TPSA) is 35.2 Å². The van der Waals surface area contributed by atoms with E-state index in [9.17, 15) is 0 Å². The van der Waals surface area contributed by atoms with Crippen molar-refractivity contribution in [3.05, 3.63) is 29.3 Å². The van der Waals surface area contributed by atoms with Crippen molar-refractivity contribution in [3.63, 3.8) is 0 Å². The van der Waals surface area contributed by atoms with Crippen LogP contribution in [0.2, 0.25) is 0 Å². The van der Waals surface area contributed by atoms with E-state index in [2.05, 4.69) is 25.1 Å². The van der Waals surface area contributed by atoms with E-state index in [1.807, 2.05) is 0 Å². The monoisotopic (exact) mass is 247 g/mol. The average molecular weight is 247 g/mol. The van der Waals surface area contributed by atoms with Crippen molar-refractivity contribution in [1.29, 1.82) is 0 Å². The van der Waals surface area contributed by atoms with Crippen molar-refractivity contribution >= 4 is 0 Å². The molecule has 2 N–H and O–H groups in total. The van der Waals surface area contributed by atoms with Gasteiger partial charge in [0, 0.05) is 5.92 Å². The highest BCUT2D eigenvalue weighted by Gasteiger charge is 2.27. The molecule has 0 bridgehead atoms. The number of hydrogen-bond donors (Lipinski definition) is 1. The number of rotatable bonds is 5. The summed E-state index contributed by atoms with van der Waals surface area (Å²) < 4.78 is 5.53. The summed E-state index contributed by atoms with van der Waals surface area (Å²) in [6.07, 6.45) is 6.43. The van der Waals surface area contributed by atoms with E-state index in [0.717, 1.165) is 24.6 Å². The molecule has 0 aliphatic heterocycles. The molecule has 0 aromatic heterocycles. The lowest BCUT2D eigenvalue weighted by atomic mass is 9.83. The molecule has 1 aromatic rings. The second kappa shape index (κ2) is 6.24. The fourth-order valence-corrected chi connectivity index (χ4v) is 3.23. The Morgan fingerprint density at radius 1 is 1.33 bits per heavy atom. The molecule has 2 rings (SSSR count). The van der Waals surface area contributed by atoms with Crippen molar-refractivity contribution in [2.24, 2.45) is 11.7 Å². The van der Waals surface area contributed by atoms with Gasteiger partial charge in [-0.2, -0.15) is 0 Å². The summed E-state index contributed by atoms with van der Waals surface area (Å²) in [6, 6.07) is 6.56. The third-order valence-electron chi connectivity index (χ3n) is 4.32. The number of methoxy groups -OCH3 is 1. The van der Waals surface area contributed by atoms with Gasteiger partial charge in [0.25, 0.3) is 0 Å². The van der Waals surface area contributed by atoms with Gasteiger partial charge in [0.2, 0.25) is 0 Å². The predicted molar refractivity (Wildman–Crippen MR) is 76.1 cm³/mol. The van der Waals surface area contributed by atoms with Crippen LogP contribution in [-0.4, -0.2) is 13.7 Å². The van der Waals surface area contributed by atoms with Gasteiger partial charge in [-0.1, -0.05) is 31.9 Å². The Kier molecular flexibility index (Phi) is 4.65. The number of benzene rings is 1. The fourth-order valence-electron chi connectivity index (χ4n) is 3.23. The van der Waals surface area contributed by atoms with Gasteiger partial charge >= 0.3 is 0 Å². The van der Waals surface area contributed by atoms with Crippen molar-refractivity contribution in [3.8, 4) is 5.75 Å². The Hall–Kier alpha value is -1.02. The van der Waals surface area contributed by atoms with Crippen LogP contribution in [0.15, 0.2) is 18.2 Å². The summed E-state index contributed by atoms with van der Waals surface area (Å²) in [7, 11) is 1.76. The summed E-state index contributed by atoms with van der Waals surface area (Å²) in [6.45, 7) is 2.92. The van der Waals surface area contributed by atoms with Crippen LogP contribution >= 0.6 is 0 Å². The summed E-state index contributed by atoms with van der Waals surface area (Å²) in [4.78, 5) is 0. The van der Waals surface area contributed by atoms with Gasteiger partial charge in [-0.15, -0.1) is 0 Å². The summed E-state index contributed by atoms with van der Waals surface area (Å²) in [5, 5.41) is 0. The molecule has 1 aliphatic carbocycles. The molecule has 1 aromatic carbocycles. The first-order valence-corrected chi connectivity index (χ1v) is 7.17. The molecule has 1 saturated carbocycles. The maximum absolute atomic E-state index is 6.04. The van der Waals surface area contributed by atoms with Gasteiger partial charge in [0.05, 0.1) is 7.11 Å². The lowest BCUT2D eigenvalue weighted by Gasteiger charge is -2.24. The van der Waals surface area contributed by atoms with Crippen LogP contribution in [0.3, 0.4) is 0 Å². The Balaban J connectivity index is 2.32. The second-order valence-electron chi connectivity index (χ2n) is 5.32. The number of ether oxygens (including phenoxy) is 1. The lowest BCUT2D eigenvalue weighted by Crippen LogP contribution is -2.20. The Morgan fingerprint density at radius 2 is 2.06 bits per heavy atom. The van der Waals surface area contributed by atoms with Crippen LogP contribution in [0, 0.1) is 5.92 Å². The van der Waals surface area contributed by atoms with E-state index >= 15 is 0 Å². The van der Waals surface area contributed by atoms with Crippen LogP contribution in [-0.2, 0) is 6.42 Å². The van der Waals surface area contributed by atoms with E-state index in [-0.39, 0.29) is 0 Å². The summed E-state index contributed by atoms with van der Waals surface area (Å²) >= 11 is 0. The molecule has 1 aliphatic rings. The minimum absolute atomic E-state index is 0.467. The molecule has 0 radical (unpaired) electrons. The molecule has 1 atom stereocenters. The first-order chi connectivity index (χ1) is 8.80. The molecular weight excluding hydrogens is 222 g/mol. The van der Waals surface area contributed by atoms with Crippen LogP contribution in [0.1, 0.15) is 49.7 Å². The number of nitrogens with two attached hydrogens (primary N) is 1. The molecule has 0 spiro atoms. The zero-order chi connectivity index (χ0) is 13.0. The molecule has 2 nitrogen and oxygen atoms in total. The van der Waals surface area contributed by atoms with Crippen LogP contribution in [0.25, 0.3) is 0 Å². The highest BCUT2D eigenvalue weighted by Crippen LogP contribution is 2.40. The Morgan fingerprint density at radius 3 is 2.61 bits per heavy atom. The van der Waals surface area contributed by atoms with E-state index in [4.69, 9.17) is 10.5 Å². The van der Waals surface area contributed by atoms with Crippen molar-refractivity contribution in [2.75, 3.05) is 13.7 Å². The molecule has 1 unspecified atom stereocenters. The van der Waals surface area contributed by atoms with Gasteiger partial charge in [0.1, 0.15) is 5.75 Å². The zero-order valence-electron chi connectivity index (χ0n) is 11.6. The first kappa shape index (κ1) is 13.4. The average Bonchev–Trinajstić information content (AvgIpc) is 2.93. The first-order valence-electron chi connectivity index (χ1n) is 7.17. The highest BCUT2D eigenvalue weighted by atomic mass is 16.5. The molecule has 0 saturated heterocycles. The van der Waals surface area contributed by atoms with Gasteiger partial charge in [0.15, 0.2) is 0 Å². The van der Waals surface area contributed by atoms with Gasteiger partial charge < -0.3 is 10.5 Å². The quantitative estimate of drug-likeness (QED) is 0.864. The Labute approximate surface area is 111 Å². The minimum Gasteiger partial charge on any atom is -0.496 e. The summed E-state index contributed by atoms with van der Waals surface area (Å²) in [5.41, 5.74) is 8.75. The molecule has 0 amide bonds. The molecule has 0 heterocycles. The SMILES string of the molecule is CCc1ccc(OC)c(C(CN)C2CCCC2)c1.